The number of pyridine rings is 1. The standard InChI is InChI=1S/C28H28N4O2S/c1-20-31-26-18-30-15-14-27(26)32(20)19-21-12-13-28(35(29,33)34)24(16-21)17-25(22-8-4-2-5-9-22)23-10-6-3-7-11-23/h2-16,18,20,25,31H,17,19H2,1H3,(H2,29,33,34). The van der Waals surface area contributed by atoms with E-state index in [1.165, 1.54) is 0 Å². The van der Waals surface area contributed by atoms with Crippen molar-refractivity contribution < 1.29 is 8.42 Å². The highest BCUT2D eigenvalue weighted by Crippen LogP contribution is 2.35. The second kappa shape index (κ2) is 9.52. The van der Waals surface area contributed by atoms with Crippen LogP contribution in [0.3, 0.4) is 0 Å². The van der Waals surface area contributed by atoms with Crippen LogP contribution in [-0.4, -0.2) is 19.6 Å². The Kier molecular flexibility index (Phi) is 6.28. The van der Waals surface area contributed by atoms with Crippen molar-refractivity contribution in [2.24, 2.45) is 5.14 Å². The molecule has 6 nitrogen and oxygen atoms in total. The SMILES string of the molecule is CC1Nc2cnccc2N1Cc1ccc(S(N)(=O)=O)c(CC(c2ccccc2)c2ccccc2)c1. The van der Waals surface area contributed by atoms with E-state index in [2.05, 4.69) is 46.4 Å². The summed E-state index contributed by atoms with van der Waals surface area (Å²) in [7, 11) is -3.88. The van der Waals surface area contributed by atoms with Gasteiger partial charge in [-0.1, -0.05) is 72.8 Å². The molecule has 1 aromatic heterocycles. The summed E-state index contributed by atoms with van der Waals surface area (Å²) in [5.74, 6) is -0.00710. The third-order valence-corrected chi connectivity index (χ3v) is 7.56. The molecule has 1 atom stereocenters. The average molecular weight is 485 g/mol. The first-order chi connectivity index (χ1) is 16.9. The van der Waals surface area contributed by atoms with Gasteiger partial charge >= 0.3 is 0 Å². The van der Waals surface area contributed by atoms with Crippen molar-refractivity contribution in [3.63, 3.8) is 0 Å². The van der Waals surface area contributed by atoms with Crippen LogP contribution < -0.4 is 15.4 Å². The van der Waals surface area contributed by atoms with Gasteiger partial charge in [-0.25, -0.2) is 13.6 Å². The highest BCUT2D eigenvalue weighted by atomic mass is 32.2. The fourth-order valence-corrected chi connectivity index (χ4v) is 5.63. The van der Waals surface area contributed by atoms with Gasteiger partial charge in [-0.2, -0.15) is 0 Å². The number of primary sulfonamides is 1. The van der Waals surface area contributed by atoms with Crippen molar-refractivity contribution in [2.45, 2.75) is 36.9 Å². The van der Waals surface area contributed by atoms with Crippen molar-refractivity contribution in [1.82, 2.24) is 4.98 Å². The van der Waals surface area contributed by atoms with E-state index in [4.69, 9.17) is 5.14 Å². The molecular weight excluding hydrogens is 456 g/mol. The van der Waals surface area contributed by atoms with Crippen LogP contribution in [0.4, 0.5) is 11.4 Å². The second-order valence-corrected chi connectivity index (χ2v) is 10.4. The number of sulfonamides is 1. The first kappa shape index (κ1) is 23.1. The number of fused-ring (bicyclic) bond motifs is 1. The number of nitrogens with zero attached hydrogens (tertiary/aromatic N) is 2. The average Bonchev–Trinajstić information content (AvgIpc) is 3.18. The molecule has 1 aliphatic rings. The minimum Gasteiger partial charge on any atom is -0.362 e. The molecule has 0 aliphatic carbocycles. The zero-order valence-corrected chi connectivity index (χ0v) is 20.3. The molecule has 4 aromatic rings. The van der Waals surface area contributed by atoms with Crippen LogP contribution in [0.15, 0.2) is 102 Å². The topological polar surface area (TPSA) is 88.3 Å². The molecule has 1 unspecified atom stereocenters. The number of hydrogen-bond acceptors (Lipinski definition) is 5. The fourth-order valence-electron chi connectivity index (χ4n) is 4.87. The van der Waals surface area contributed by atoms with Gasteiger partial charge in [-0.3, -0.25) is 4.98 Å². The van der Waals surface area contributed by atoms with Gasteiger partial charge in [0.25, 0.3) is 0 Å². The first-order valence-electron chi connectivity index (χ1n) is 11.6. The Morgan fingerprint density at radius 2 is 1.63 bits per heavy atom. The van der Waals surface area contributed by atoms with E-state index in [1.807, 2.05) is 60.8 Å². The van der Waals surface area contributed by atoms with E-state index in [9.17, 15) is 8.42 Å². The number of benzene rings is 3. The van der Waals surface area contributed by atoms with Gasteiger partial charge in [0, 0.05) is 18.7 Å². The number of rotatable bonds is 7. The molecule has 1 aliphatic heterocycles. The molecule has 5 rings (SSSR count). The zero-order valence-electron chi connectivity index (χ0n) is 19.5. The normalized spacial score (nSPS) is 15.2. The third kappa shape index (κ3) is 4.92. The van der Waals surface area contributed by atoms with Crippen LogP contribution in [0.25, 0.3) is 0 Å². The Bertz CT molecular complexity index is 1390. The summed E-state index contributed by atoms with van der Waals surface area (Å²) in [5, 5.41) is 9.10. The molecule has 0 amide bonds. The van der Waals surface area contributed by atoms with Crippen LogP contribution in [-0.2, 0) is 23.0 Å². The largest absolute Gasteiger partial charge is 0.362 e. The molecule has 7 heteroatoms. The lowest BCUT2D eigenvalue weighted by atomic mass is 9.85. The van der Waals surface area contributed by atoms with Gasteiger partial charge in [-0.05, 0) is 47.7 Å². The van der Waals surface area contributed by atoms with Crippen LogP contribution in [0.2, 0.25) is 0 Å². The molecule has 35 heavy (non-hydrogen) atoms. The van der Waals surface area contributed by atoms with Gasteiger partial charge < -0.3 is 10.2 Å². The number of hydrogen-bond donors (Lipinski definition) is 2. The molecule has 0 saturated carbocycles. The molecule has 3 N–H and O–H groups in total. The number of nitrogens with one attached hydrogen (secondary N) is 1. The summed E-state index contributed by atoms with van der Waals surface area (Å²) in [4.78, 5) is 6.63. The molecule has 0 saturated heterocycles. The Labute approximate surface area is 206 Å². The van der Waals surface area contributed by atoms with E-state index in [1.54, 1.807) is 12.3 Å². The maximum absolute atomic E-state index is 12.5. The summed E-state index contributed by atoms with van der Waals surface area (Å²) < 4.78 is 25.1. The molecule has 0 radical (unpaired) electrons. The molecule has 0 fully saturated rings. The maximum Gasteiger partial charge on any atom is 0.238 e. The summed E-state index contributed by atoms with van der Waals surface area (Å²) >= 11 is 0. The van der Waals surface area contributed by atoms with Crippen molar-refractivity contribution in [3.05, 3.63) is 120 Å². The van der Waals surface area contributed by atoms with Crippen molar-refractivity contribution in [1.29, 1.82) is 0 Å². The molecule has 178 valence electrons. The van der Waals surface area contributed by atoms with E-state index in [-0.39, 0.29) is 17.0 Å². The third-order valence-electron chi connectivity index (χ3n) is 6.55. The van der Waals surface area contributed by atoms with Gasteiger partial charge in [0.2, 0.25) is 10.0 Å². The molecule has 3 aromatic carbocycles. The van der Waals surface area contributed by atoms with E-state index >= 15 is 0 Å². The Balaban J connectivity index is 1.54. The first-order valence-corrected chi connectivity index (χ1v) is 13.2. The zero-order chi connectivity index (χ0) is 24.4. The lowest BCUT2D eigenvalue weighted by Crippen LogP contribution is -2.32. The van der Waals surface area contributed by atoms with Crippen LogP contribution in [0.1, 0.15) is 35.1 Å². The minimum atomic E-state index is -3.88. The van der Waals surface area contributed by atoms with Crippen molar-refractivity contribution in [3.8, 4) is 0 Å². The van der Waals surface area contributed by atoms with Gasteiger partial charge in [0.05, 0.1) is 28.6 Å². The molecule has 2 heterocycles. The van der Waals surface area contributed by atoms with Crippen LogP contribution in [0.5, 0.6) is 0 Å². The van der Waals surface area contributed by atoms with Crippen molar-refractivity contribution in [2.75, 3.05) is 10.2 Å². The highest BCUT2D eigenvalue weighted by Gasteiger charge is 2.26. The Hall–Kier alpha value is -3.68. The number of aromatic nitrogens is 1. The van der Waals surface area contributed by atoms with Gasteiger partial charge in [0.1, 0.15) is 0 Å². The minimum absolute atomic E-state index is 0.00710. The monoisotopic (exact) mass is 484 g/mol. The smallest absolute Gasteiger partial charge is 0.238 e. The lowest BCUT2D eigenvalue weighted by Gasteiger charge is -2.25. The quantitative estimate of drug-likeness (QED) is 0.390. The summed E-state index contributed by atoms with van der Waals surface area (Å²) in [6.07, 6.45) is 4.22. The van der Waals surface area contributed by atoms with Crippen molar-refractivity contribution >= 4 is 21.4 Å². The van der Waals surface area contributed by atoms with Crippen LogP contribution >= 0.6 is 0 Å². The van der Waals surface area contributed by atoms with E-state index in [0.717, 1.165) is 33.6 Å². The van der Waals surface area contributed by atoms with E-state index in [0.29, 0.717) is 13.0 Å². The Morgan fingerprint density at radius 3 is 2.26 bits per heavy atom. The predicted octanol–water partition coefficient (Wildman–Crippen LogP) is 4.88. The summed E-state index contributed by atoms with van der Waals surface area (Å²) in [5.41, 5.74) is 6.07. The fraction of sp³-hybridized carbons (Fsp3) is 0.179. The molecule has 0 spiro atoms. The highest BCUT2D eigenvalue weighted by molar-refractivity contribution is 7.89. The molecular formula is C28H28N4O2S. The van der Waals surface area contributed by atoms with Gasteiger partial charge in [0.15, 0.2) is 0 Å². The van der Waals surface area contributed by atoms with Crippen LogP contribution in [0, 0.1) is 0 Å². The summed E-state index contributed by atoms with van der Waals surface area (Å²) in [6, 6.07) is 27.8. The van der Waals surface area contributed by atoms with Gasteiger partial charge in [-0.15, -0.1) is 0 Å². The summed E-state index contributed by atoms with van der Waals surface area (Å²) in [6.45, 7) is 2.73. The predicted molar refractivity (Wildman–Crippen MR) is 140 cm³/mol. The number of anilines is 2. The number of nitrogens with two attached hydrogens (primary N) is 1. The lowest BCUT2D eigenvalue weighted by molar-refractivity contribution is 0.595. The maximum atomic E-state index is 12.5. The second-order valence-electron chi connectivity index (χ2n) is 8.91. The molecule has 0 bridgehead atoms. The van der Waals surface area contributed by atoms with E-state index < -0.39 is 10.0 Å². The Morgan fingerprint density at radius 1 is 0.971 bits per heavy atom.